The summed E-state index contributed by atoms with van der Waals surface area (Å²) in [4.78, 5) is 21.3. The lowest BCUT2D eigenvalue weighted by Gasteiger charge is -2.36. The highest BCUT2D eigenvalue weighted by atomic mass is 127. The predicted octanol–water partition coefficient (Wildman–Crippen LogP) is 1.92. The Morgan fingerprint density at radius 3 is 2.52 bits per heavy atom. The number of ether oxygens (including phenoxy) is 1. The lowest BCUT2D eigenvalue weighted by atomic mass is 9.85. The van der Waals surface area contributed by atoms with E-state index >= 15 is 0 Å². The third-order valence-electron chi connectivity index (χ3n) is 6.38. The van der Waals surface area contributed by atoms with Crippen LogP contribution in [0.15, 0.2) is 4.99 Å². The van der Waals surface area contributed by atoms with Crippen LogP contribution in [0.1, 0.15) is 45.4 Å². The number of piperazine rings is 1. The van der Waals surface area contributed by atoms with Gasteiger partial charge in [0.25, 0.3) is 0 Å². The Morgan fingerprint density at radius 2 is 1.86 bits per heavy atom. The van der Waals surface area contributed by atoms with Crippen molar-refractivity contribution in [2.24, 2.45) is 16.8 Å². The number of aliphatic imine (C=N–C) groups is 1. The Bertz CT molecular complexity index is 519. The second kappa shape index (κ2) is 12.9. The van der Waals surface area contributed by atoms with Crippen molar-refractivity contribution in [1.29, 1.82) is 0 Å². The quantitative estimate of drug-likeness (QED) is 0.221. The van der Waals surface area contributed by atoms with E-state index in [1.54, 1.807) is 7.11 Å². The van der Waals surface area contributed by atoms with Gasteiger partial charge in [0, 0.05) is 52.4 Å². The molecule has 2 aliphatic carbocycles. The summed E-state index contributed by atoms with van der Waals surface area (Å²) in [6, 6.07) is 0.623. The minimum absolute atomic E-state index is 0. The van der Waals surface area contributed by atoms with Crippen LogP contribution in [0.2, 0.25) is 0 Å². The first-order valence-corrected chi connectivity index (χ1v) is 11.2. The van der Waals surface area contributed by atoms with Crippen LogP contribution in [-0.4, -0.2) is 87.2 Å². The van der Waals surface area contributed by atoms with Crippen molar-refractivity contribution >= 4 is 35.8 Å². The molecule has 2 unspecified atom stereocenters. The number of methoxy groups -OCH3 is 1. The third-order valence-corrected chi connectivity index (χ3v) is 6.38. The molecule has 3 rings (SSSR count). The van der Waals surface area contributed by atoms with E-state index in [0.29, 0.717) is 25.7 Å². The highest BCUT2D eigenvalue weighted by Gasteiger charge is 2.44. The Kier molecular flexibility index (Phi) is 11.0. The Hall–Kier alpha value is -0.610. The second-order valence-electron chi connectivity index (χ2n) is 8.45. The van der Waals surface area contributed by atoms with Crippen molar-refractivity contribution in [1.82, 2.24) is 20.4 Å². The van der Waals surface area contributed by atoms with E-state index in [2.05, 4.69) is 27.4 Å². The third kappa shape index (κ3) is 7.86. The van der Waals surface area contributed by atoms with Crippen molar-refractivity contribution in [3.05, 3.63) is 0 Å². The molecule has 0 spiro atoms. The molecule has 7 nitrogen and oxygen atoms in total. The van der Waals surface area contributed by atoms with Gasteiger partial charge in [-0.15, -0.1) is 24.0 Å². The van der Waals surface area contributed by atoms with Crippen LogP contribution in [0.5, 0.6) is 0 Å². The van der Waals surface area contributed by atoms with Crippen LogP contribution in [0.3, 0.4) is 0 Å². The maximum atomic E-state index is 12.0. The van der Waals surface area contributed by atoms with Crippen molar-refractivity contribution in [2.45, 2.75) is 51.5 Å². The normalized spacial score (nSPS) is 26.0. The fourth-order valence-electron chi connectivity index (χ4n) is 4.69. The Balaban J connectivity index is 0.00000300. The number of nitrogens with zero attached hydrogens (tertiary/aromatic N) is 3. The van der Waals surface area contributed by atoms with Crippen LogP contribution in [0.4, 0.5) is 0 Å². The number of guanidine groups is 1. The summed E-state index contributed by atoms with van der Waals surface area (Å²) in [6.45, 7) is 8.19. The molecule has 1 amide bonds. The maximum Gasteiger partial charge on any atom is 0.234 e. The molecule has 0 bridgehead atoms. The van der Waals surface area contributed by atoms with Gasteiger partial charge in [-0.05, 0) is 25.2 Å². The summed E-state index contributed by atoms with van der Waals surface area (Å²) in [5.41, 5.74) is 0. The van der Waals surface area contributed by atoms with E-state index in [1.807, 2.05) is 0 Å². The highest BCUT2D eigenvalue weighted by Crippen LogP contribution is 2.44. The number of amides is 1. The Morgan fingerprint density at radius 1 is 1.14 bits per heavy atom. The summed E-state index contributed by atoms with van der Waals surface area (Å²) in [7, 11) is 1.65. The van der Waals surface area contributed by atoms with Gasteiger partial charge in [0.1, 0.15) is 0 Å². The van der Waals surface area contributed by atoms with E-state index in [0.717, 1.165) is 50.5 Å². The predicted molar refractivity (Wildman–Crippen MR) is 128 cm³/mol. The zero-order chi connectivity index (χ0) is 19.8. The molecule has 0 aromatic carbocycles. The van der Waals surface area contributed by atoms with Gasteiger partial charge >= 0.3 is 0 Å². The molecule has 0 aromatic rings. The molecule has 29 heavy (non-hydrogen) atoms. The fraction of sp³-hybridized carbons (Fsp3) is 0.905. The van der Waals surface area contributed by atoms with Crippen molar-refractivity contribution in [2.75, 3.05) is 59.5 Å². The summed E-state index contributed by atoms with van der Waals surface area (Å²) in [6.07, 6.45) is 8.44. The minimum Gasteiger partial charge on any atom is -0.383 e. The molecule has 1 aliphatic heterocycles. The molecule has 0 radical (unpaired) electrons. The number of nitrogens with one attached hydrogen (secondary N) is 2. The van der Waals surface area contributed by atoms with Crippen LogP contribution in [-0.2, 0) is 9.53 Å². The zero-order valence-electron chi connectivity index (χ0n) is 18.2. The van der Waals surface area contributed by atoms with Crippen molar-refractivity contribution in [3.8, 4) is 0 Å². The maximum absolute atomic E-state index is 12.0. The van der Waals surface area contributed by atoms with Gasteiger partial charge in [0.2, 0.25) is 5.91 Å². The minimum atomic E-state index is 0. The molecule has 2 atom stereocenters. The number of halogens is 1. The fourth-order valence-corrected chi connectivity index (χ4v) is 4.69. The molecule has 0 aromatic heterocycles. The van der Waals surface area contributed by atoms with Gasteiger partial charge in [0.15, 0.2) is 5.96 Å². The molecule has 168 valence electrons. The first kappa shape index (κ1) is 24.7. The molecule has 1 saturated heterocycles. The van der Waals surface area contributed by atoms with E-state index in [4.69, 9.17) is 9.73 Å². The smallest absolute Gasteiger partial charge is 0.234 e. The van der Waals surface area contributed by atoms with Crippen LogP contribution in [0, 0.1) is 11.8 Å². The van der Waals surface area contributed by atoms with Crippen LogP contribution < -0.4 is 10.6 Å². The lowest BCUT2D eigenvalue weighted by molar-refractivity contribution is -0.122. The second-order valence-corrected chi connectivity index (χ2v) is 8.45. The molecule has 8 heteroatoms. The average Bonchev–Trinajstić information content (AvgIpc) is 3.48. The number of rotatable bonds is 8. The average molecular weight is 521 g/mol. The first-order valence-electron chi connectivity index (χ1n) is 11.2. The largest absolute Gasteiger partial charge is 0.383 e. The molecule has 1 heterocycles. The van der Waals surface area contributed by atoms with Crippen LogP contribution in [0.25, 0.3) is 0 Å². The summed E-state index contributed by atoms with van der Waals surface area (Å²) < 4.78 is 4.97. The molecular weight excluding hydrogens is 481 g/mol. The van der Waals surface area contributed by atoms with Gasteiger partial charge in [0.05, 0.1) is 13.2 Å². The lowest BCUT2D eigenvalue weighted by Crippen LogP contribution is -2.54. The van der Waals surface area contributed by atoms with Gasteiger partial charge in [-0.2, -0.15) is 0 Å². The van der Waals surface area contributed by atoms with E-state index in [9.17, 15) is 4.79 Å². The van der Waals surface area contributed by atoms with Gasteiger partial charge < -0.3 is 20.3 Å². The number of carbonyl (C=O) groups excluding carboxylic acids is 1. The van der Waals surface area contributed by atoms with Crippen molar-refractivity contribution < 1.29 is 9.53 Å². The number of hydrogen-bond donors (Lipinski definition) is 2. The SMILES string of the molecule is CCN=C(NC1CC1C1CCCCC1)N1CCN(CC(=O)NCCOC)CC1.I. The number of carbonyl (C=O) groups is 1. The van der Waals surface area contributed by atoms with E-state index in [1.165, 1.54) is 38.5 Å². The summed E-state index contributed by atoms with van der Waals surface area (Å²) in [5, 5.41) is 6.66. The van der Waals surface area contributed by atoms with Gasteiger partial charge in [-0.3, -0.25) is 14.7 Å². The van der Waals surface area contributed by atoms with Crippen molar-refractivity contribution in [3.63, 3.8) is 0 Å². The first-order chi connectivity index (χ1) is 13.7. The molecular formula is C21H40IN5O2. The zero-order valence-corrected chi connectivity index (χ0v) is 20.5. The summed E-state index contributed by atoms with van der Waals surface area (Å²) >= 11 is 0. The molecule has 3 aliphatic rings. The highest BCUT2D eigenvalue weighted by molar-refractivity contribution is 14.0. The molecule has 2 N–H and O–H groups in total. The summed E-state index contributed by atoms with van der Waals surface area (Å²) in [5.74, 6) is 2.96. The van der Waals surface area contributed by atoms with Gasteiger partial charge in [-0.1, -0.05) is 32.1 Å². The number of hydrogen-bond acceptors (Lipinski definition) is 4. The van der Waals surface area contributed by atoms with Crippen LogP contribution >= 0.6 is 24.0 Å². The topological polar surface area (TPSA) is 69.2 Å². The van der Waals surface area contributed by atoms with E-state index in [-0.39, 0.29) is 29.9 Å². The monoisotopic (exact) mass is 521 g/mol. The molecule has 2 saturated carbocycles. The van der Waals surface area contributed by atoms with E-state index < -0.39 is 0 Å². The van der Waals surface area contributed by atoms with Gasteiger partial charge in [-0.25, -0.2) is 0 Å². The Labute approximate surface area is 193 Å². The standard InChI is InChI=1S/C21H39N5O2.HI/c1-3-22-21(24-19-15-18(19)17-7-5-4-6-8-17)26-12-10-25(11-13-26)16-20(27)23-9-14-28-2;/h17-19H,3-16H2,1-2H3,(H,22,24)(H,23,27);1H. The molecule has 3 fully saturated rings.